The first kappa shape index (κ1) is 17.3. The summed E-state index contributed by atoms with van der Waals surface area (Å²) in [7, 11) is -2.98. The van der Waals surface area contributed by atoms with Crippen molar-refractivity contribution in [3.63, 3.8) is 0 Å². The summed E-state index contributed by atoms with van der Waals surface area (Å²) in [5.74, 6) is 1.31. The number of sulfone groups is 1. The first-order chi connectivity index (χ1) is 11.9. The summed E-state index contributed by atoms with van der Waals surface area (Å²) >= 11 is 0. The maximum Gasteiger partial charge on any atom is 0.277 e. The van der Waals surface area contributed by atoms with E-state index < -0.39 is 15.7 Å². The van der Waals surface area contributed by atoms with E-state index in [9.17, 15) is 13.2 Å². The van der Waals surface area contributed by atoms with Crippen LogP contribution in [0.5, 0.6) is 0 Å². The zero-order valence-electron chi connectivity index (χ0n) is 14.0. The van der Waals surface area contributed by atoms with Crippen molar-refractivity contribution in [1.82, 2.24) is 15.4 Å². The van der Waals surface area contributed by atoms with Crippen LogP contribution in [0.15, 0.2) is 22.7 Å². The lowest BCUT2D eigenvalue weighted by molar-refractivity contribution is 0.102. The molecule has 2 aromatic rings. The molecule has 0 spiro atoms. The molecule has 0 aliphatic carbocycles. The number of aryl methyl sites for hydroxylation is 1. The van der Waals surface area contributed by atoms with Crippen LogP contribution in [0.25, 0.3) is 0 Å². The molecule has 1 atom stereocenters. The molecule has 0 saturated carbocycles. The molecule has 3 rings (SSSR count). The number of hydrogen-bond donors (Lipinski definition) is 1. The van der Waals surface area contributed by atoms with E-state index in [2.05, 4.69) is 20.7 Å². The molecule has 0 radical (unpaired) electrons. The maximum absolute atomic E-state index is 12.1. The smallest absolute Gasteiger partial charge is 0.277 e. The van der Waals surface area contributed by atoms with E-state index in [1.54, 1.807) is 25.1 Å². The quantitative estimate of drug-likeness (QED) is 0.835. The molecule has 1 aliphatic heterocycles. The van der Waals surface area contributed by atoms with E-state index in [1.807, 2.05) is 11.8 Å². The lowest BCUT2D eigenvalue weighted by atomic mass is 10.2. The minimum absolute atomic E-state index is 0.109. The average Bonchev–Trinajstić information content (AvgIpc) is 3.14. The first-order valence-electron chi connectivity index (χ1n) is 7.93. The summed E-state index contributed by atoms with van der Waals surface area (Å²) in [5.41, 5.74) is 0.138. The molecule has 1 aliphatic rings. The van der Waals surface area contributed by atoms with Crippen LogP contribution in [-0.4, -0.2) is 53.8 Å². The molecule has 9 nitrogen and oxygen atoms in total. The fourth-order valence-corrected chi connectivity index (χ4v) is 4.56. The van der Waals surface area contributed by atoms with E-state index in [0.717, 1.165) is 0 Å². The number of aromatic nitrogens is 3. The van der Waals surface area contributed by atoms with Gasteiger partial charge in [-0.25, -0.2) is 8.42 Å². The highest BCUT2D eigenvalue weighted by molar-refractivity contribution is 7.91. The van der Waals surface area contributed by atoms with Crippen molar-refractivity contribution in [2.45, 2.75) is 26.3 Å². The second-order valence-electron chi connectivity index (χ2n) is 5.90. The molecule has 0 bridgehead atoms. The third-order valence-electron chi connectivity index (χ3n) is 4.04. The van der Waals surface area contributed by atoms with Crippen molar-refractivity contribution in [3.8, 4) is 0 Å². The number of anilines is 2. The van der Waals surface area contributed by atoms with Crippen molar-refractivity contribution in [1.29, 1.82) is 0 Å². The lowest BCUT2D eigenvalue weighted by Crippen LogP contribution is -2.37. The Morgan fingerprint density at radius 3 is 2.72 bits per heavy atom. The molecule has 1 unspecified atom stereocenters. The summed E-state index contributed by atoms with van der Waals surface area (Å²) in [6, 6.07) is 4.71. The molecular formula is C15H19N5O4S. The van der Waals surface area contributed by atoms with Gasteiger partial charge in [-0.05, 0) is 32.4 Å². The molecular weight excluding hydrogens is 346 g/mol. The van der Waals surface area contributed by atoms with Gasteiger partial charge >= 0.3 is 0 Å². The second-order valence-corrected chi connectivity index (χ2v) is 8.13. The van der Waals surface area contributed by atoms with Gasteiger partial charge in [0.25, 0.3) is 5.91 Å². The van der Waals surface area contributed by atoms with Crippen LogP contribution >= 0.6 is 0 Å². The highest BCUT2D eigenvalue weighted by Gasteiger charge is 2.32. The van der Waals surface area contributed by atoms with Gasteiger partial charge in [0.1, 0.15) is 5.76 Å². The number of carbonyl (C=O) groups excluding carboxylic acids is 1. The molecule has 1 amide bonds. The van der Waals surface area contributed by atoms with Gasteiger partial charge in [0.2, 0.25) is 0 Å². The van der Waals surface area contributed by atoms with E-state index >= 15 is 0 Å². The van der Waals surface area contributed by atoms with Gasteiger partial charge in [-0.2, -0.15) is 0 Å². The number of nitrogens with one attached hydrogen (secondary N) is 1. The average molecular weight is 365 g/mol. The molecule has 1 fully saturated rings. The molecule has 25 heavy (non-hydrogen) atoms. The molecule has 134 valence electrons. The van der Waals surface area contributed by atoms with Gasteiger partial charge in [-0.3, -0.25) is 4.79 Å². The van der Waals surface area contributed by atoms with Gasteiger partial charge in [0.15, 0.2) is 27.2 Å². The molecule has 3 heterocycles. The Kier molecular flexibility index (Phi) is 4.71. The zero-order valence-corrected chi connectivity index (χ0v) is 14.8. The Balaban J connectivity index is 1.71. The lowest BCUT2D eigenvalue weighted by Gasteiger charge is -2.27. The van der Waals surface area contributed by atoms with Gasteiger partial charge in [-0.1, -0.05) is 5.16 Å². The molecule has 1 saturated heterocycles. The first-order valence-corrected chi connectivity index (χ1v) is 9.75. The standard InChI is InChI=1S/C15H19N5O4S/c1-3-20(11-6-7-25(22,23)9-11)14-5-4-12(17-18-14)15(21)16-13-8-10(2)24-19-13/h4-5,8,11H,3,6-7,9H2,1-2H3,(H,16,19,21). The van der Waals surface area contributed by atoms with Crippen molar-refractivity contribution >= 4 is 27.4 Å². The van der Waals surface area contributed by atoms with Crippen LogP contribution in [0.2, 0.25) is 0 Å². The molecule has 2 aromatic heterocycles. The number of carbonyl (C=O) groups is 1. The highest BCUT2D eigenvalue weighted by atomic mass is 32.2. The zero-order chi connectivity index (χ0) is 18.0. The van der Waals surface area contributed by atoms with Gasteiger partial charge < -0.3 is 14.7 Å². The minimum atomic E-state index is -2.98. The fourth-order valence-electron chi connectivity index (χ4n) is 2.83. The van der Waals surface area contributed by atoms with Gasteiger partial charge in [-0.15, -0.1) is 10.2 Å². The van der Waals surface area contributed by atoms with Crippen molar-refractivity contribution in [2.75, 3.05) is 28.3 Å². The van der Waals surface area contributed by atoms with E-state index in [-0.39, 0.29) is 23.2 Å². The largest absolute Gasteiger partial charge is 0.360 e. The van der Waals surface area contributed by atoms with Crippen LogP contribution in [0, 0.1) is 6.92 Å². The summed E-state index contributed by atoms with van der Waals surface area (Å²) in [5, 5.41) is 14.3. The topological polar surface area (TPSA) is 118 Å². The minimum Gasteiger partial charge on any atom is -0.360 e. The Morgan fingerprint density at radius 1 is 1.40 bits per heavy atom. The van der Waals surface area contributed by atoms with Gasteiger partial charge in [0.05, 0.1) is 11.5 Å². The van der Waals surface area contributed by atoms with E-state index in [0.29, 0.717) is 30.4 Å². The van der Waals surface area contributed by atoms with Crippen LogP contribution < -0.4 is 10.2 Å². The normalized spacial score (nSPS) is 18.9. The van der Waals surface area contributed by atoms with Crippen molar-refractivity contribution < 1.29 is 17.7 Å². The van der Waals surface area contributed by atoms with Crippen LogP contribution in [0.4, 0.5) is 11.6 Å². The summed E-state index contributed by atoms with van der Waals surface area (Å²) < 4.78 is 28.2. The Morgan fingerprint density at radius 2 is 2.20 bits per heavy atom. The van der Waals surface area contributed by atoms with Gasteiger partial charge in [0, 0.05) is 18.7 Å². The fraction of sp³-hybridized carbons (Fsp3) is 0.467. The second kappa shape index (κ2) is 6.79. The number of rotatable bonds is 5. The summed E-state index contributed by atoms with van der Waals surface area (Å²) in [6.45, 7) is 4.26. The SMILES string of the molecule is CCN(c1ccc(C(=O)Nc2cc(C)on2)nn1)C1CCS(=O)(=O)C1. The summed E-state index contributed by atoms with van der Waals surface area (Å²) in [4.78, 5) is 14.0. The van der Waals surface area contributed by atoms with Crippen LogP contribution in [0.3, 0.4) is 0 Å². The van der Waals surface area contributed by atoms with Crippen molar-refractivity contribution in [2.24, 2.45) is 0 Å². The third-order valence-corrected chi connectivity index (χ3v) is 5.79. The molecule has 1 N–H and O–H groups in total. The monoisotopic (exact) mass is 365 g/mol. The third kappa shape index (κ3) is 3.95. The number of amides is 1. The molecule has 10 heteroatoms. The predicted octanol–water partition coefficient (Wildman–Crippen LogP) is 1.04. The number of hydrogen-bond acceptors (Lipinski definition) is 8. The predicted molar refractivity (Wildman–Crippen MR) is 91.3 cm³/mol. The van der Waals surface area contributed by atoms with Crippen LogP contribution in [-0.2, 0) is 9.84 Å². The van der Waals surface area contributed by atoms with Crippen LogP contribution in [0.1, 0.15) is 29.6 Å². The Bertz CT molecular complexity index is 862. The maximum atomic E-state index is 12.1. The number of nitrogens with zero attached hydrogens (tertiary/aromatic N) is 4. The van der Waals surface area contributed by atoms with Crippen molar-refractivity contribution in [3.05, 3.63) is 29.7 Å². The highest BCUT2D eigenvalue weighted by Crippen LogP contribution is 2.22. The summed E-state index contributed by atoms with van der Waals surface area (Å²) in [6.07, 6.45) is 0.575. The van der Waals surface area contributed by atoms with E-state index in [1.165, 1.54) is 0 Å². The van der Waals surface area contributed by atoms with E-state index in [4.69, 9.17) is 4.52 Å². The Labute approximate surface area is 145 Å². The Hall–Kier alpha value is -2.49. The molecule has 0 aromatic carbocycles.